The molecule has 1 saturated heterocycles. The van der Waals surface area contributed by atoms with Gasteiger partial charge < -0.3 is 20.3 Å². The monoisotopic (exact) mass is 514 g/mol. The fourth-order valence-corrected chi connectivity index (χ4v) is 3.53. The Morgan fingerprint density at radius 3 is 2.59 bits per heavy atom. The first kappa shape index (κ1) is 23.9. The summed E-state index contributed by atoms with van der Waals surface area (Å²) in [7, 11) is 3.51. The van der Waals surface area contributed by atoms with Crippen LogP contribution in [-0.4, -0.2) is 63.2 Å². The van der Waals surface area contributed by atoms with E-state index < -0.39 is 0 Å². The number of hydrogen-bond donors (Lipinski definition) is 2. The molecule has 2 fully saturated rings. The summed E-state index contributed by atoms with van der Waals surface area (Å²) >= 11 is 0. The Bertz CT molecular complexity index is 656. The molecule has 0 radical (unpaired) electrons. The molecule has 0 aromatic heterocycles. The van der Waals surface area contributed by atoms with Crippen LogP contribution in [0.5, 0.6) is 0 Å². The average Bonchev–Trinajstić information content (AvgIpc) is 3.48. The van der Waals surface area contributed by atoms with Crippen molar-refractivity contribution in [3.05, 3.63) is 35.9 Å². The Morgan fingerprint density at radius 1 is 1.21 bits per heavy atom. The van der Waals surface area contributed by atoms with Crippen LogP contribution in [0, 0.1) is 5.41 Å². The molecule has 0 bridgehead atoms. The van der Waals surface area contributed by atoms with Crippen molar-refractivity contribution in [3.8, 4) is 0 Å². The van der Waals surface area contributed by atoms with Crippen LogP contribution in [0.2, 0.25) is 0 Å². The number of hydrogen-bond acceptors (Lipinski definition) is 3. The fourth-order valence-electron chi connectivity index (χ4n) is 3.53. The summed E-state index contributed by atoms with van der Waals surface area (Å²) in [5.41, 5.74) is 1.68. The highest BCUT2D eigenvalue weighted by Gasteiger charge is 2.42. The van der Waals surface area contributed by atoms with Gasteiger partial charge in [0, 0.05) is 33.8 Å². The van der Waals surface area contributed by atoms with Gasteiger partial charge in [-0.1, -0.05) is 30.3 Å². The van der Waals surface area contributed by atoms with Crippen molar-refractivity contribution < 1.29 is 9.53 Å². The lowest BCUT2D eigenvalue weighted by Gasteiger charge is -2.25. The van der Waals surface area contributed by atoms with Crippen molar-refractivity contribution in [3.63, 3.8) is 0 Å². The molecule has 1 aromatic carbocycles. The topological polar surface area (TPSA) is 66.0 Å². The zero-order valence-electron chi connectivity index (χ0n) is 17.7. The van der Waals surface area contributed by atoms with Crippen molar-refractivity contribution in [2.45, 2.75) is 44.6 Å². The van der Waals surface area contributed by atoms with E-state index in [1.165, 1.54) is 24.8 Å². The molecule has 162 valence electrons. The van der Waals surface area contributed by atoms with E-state index in [9.17, 15) is 4.79 Å². The number of benzene rings is 1. The molecule has 1 amide bonds. The second-order valence-electron chi connectivity index (χ2n) is 8.34. The molecule has 1 saturated carbocycles. The van der Waals surface area contributed by atoms with Crippen molar-refractivity contribution in [2.24, 2.45) is 10.4 Å². The minimum Gasteiger partial charge on any atom is -0.376 e. The van der Waals surface area contributed by atoms with Crippen LogP contribution in [0.1, 0.15) is 37.7 Å². The predicted octanol–water partition coefficient (Wildman–Crippen LogP) is 2.82. The molecule has 7 heteroatoms. The second kappa shape index (κ2) is 11.7. The Morgan fingerprint density at radius 2 is 1.97 bits per heavy atom. The van der Waals surface area contributed by atoms with Crippen LogP contribution >= 0.6 is 24.0 Å². The highest BCUT2D eigenvalue weighted by atomic mass is 127. The minimum absolute atomic E-state index is 0. The SMILES string of the molecule is CN(C)C(=O)CN=C(NCC1CCCCO1)NCC1(Cc2ccccc2)CC1.I. The molecule has 6 nitrogen and oxygen atoms in total. The van der Waals surface area contributed by atoms with Gasteiger partial charge in [-0.3, -0.25) is 4.79 Å². The van der Waals surface area contributed by atoms with E-state index >= 15 is 0 Å². The third-order valence-electron chi connectivity index (χ3n) is 5.65. The molecule has 1 atom stereocenters. The number of amides is 1. The fraction of sp³-hybridized carbons (Fsp3) is 0.636. The maximum atomic E-state index is 11.9. The Labute approximate surface area is 191 Å². The first-order chi connectivity index (χ1) is 13.6. The molecule has 1 aromatic rings. The van der Waals surface area contributed by atoms with E-state index in [1.807, 2.05) is 0 Å². The molecule has 1 aliphatic carbocycles. The van der Waals surface area contributed by atoms with Gasteiger partial charge in [0.05, 0.1) is 6.10 Å². The summed E-state index contributed by atoms with van der Waals surface area (Å²) in [6, 6.07) is 10.7. The molecule has 1 unspecified atom stereocenters. The van der Waals surface area contributed by atoms with Gasteiger partial charge >= 0.3 is 0 Å². The molecular weight excluding hydrogens is 479 g/mol. The smallest absolute Gasteiger partial charge is 0.243 e. The summed E-state index contributed by atoms with van der Waals surface area (Å²) in [4.78, 5) is 18.0. The standard InChI is InChI=1S/C22H34N4O2.HI/c1-26(2)20(27)16-24-21(23-15-19-10-6-7-13-28-19)25-17-22(11-12-22)14-18-8-4-3-5-9-18;/h3-5,8-9,19H,6-7,10-17H2,1-2H3,(H2,23,24,25);1H. The van der Waals surface area contributed by atoms with Crippen molar-refractivity contribution >= 4 is 35.8 Å². The van der Waals surface area contributed by atoms with E-state index in [2.05, 4.69) is 46.0 Å². The maximum absolute atomic E-state index is 11.9. The normalized spacial score (nSPS) is 20.3. The Hall–Kier alpha value is -1.35. The molecular formula is C22H35IN4O2. The number of carbonyl (C=O) groups excluding carboxylic acids is 1. The first-order valence-corrected chi connectivity index (χ1v) is 10.4. The van der Waals surface area contributed by atoms with Crippen LogP contribution < -0.4 is 10.6 Å². The Balaban J connectivity index is 0.00000300. The zero-order valence-corrected chi connectivity index (χ0v) is 20.0. The van der Waals surface area contributed by atoms with Crippen LogP contribution in [0.25, 0.3) is 0 Å². The zero-order chi connectivity index (χ0) is 19.8. The van der Waals surface area contributed by atoms with Gasteiger partial charge in [-0.2, -0.15) is 0 Å². The van der Waals surface area contributed by atoms with Crippen LogP contribution in [0.15, 0.2) is 35.3 Å². The number of aliphatic imine (C=N–C) groups is 1. The van der Waals surface area contributed by atoms with E-state index in [0.29, 0.717) is 11.4 Å². The van der Waals surface area contributed by atoms with E-state index in [1.54, 1.807) is 19.0 Å². The van der Waals surface area contributed by atoms with Gasteiger partial charge in [0.2, 0.25) is 5.91 Å². The number of nitrogens with one attached hydrogen (secondary N) is 2. The summed E-state index contributed by atoms with van der Waals surface area (Å²) in [6.45, 7) is 2.59. The maximum Gasteiger partial charge on any atom is 0.243 e. The lowest BCUT2D eigenvalue weighted by molar-refractivity contribution is -0.127. The lowest BCUT2D eigenvalue weighted by Crippen LogP contribution is -2.45. The number of guanidine groups is 1. The van der Waals surface area contributed by atoms with Gasteiger partial charge in [-0.25, -0.2) is 4.99 Å². The van der Waals surface area contributed by atoms with Gasteiger partial charge in [0.25, 0.3) is 0 Å². The molecule has 3 rings (SSSR count). The van der Waals surface area contributed by atoms with Crippen molar-refractivity contribution in [1.29, 1.82) is 0 Å². The first-order valence-electron chi connectivity index (χ1n) is 10.4. The van der Waals surface area contributed by atoms with Crippen LogP contribution in [0.4, 0.5) is 0 Å². The molecule has 29 heavy (non-hydrogen) atoms. The largest absolute Gasteiger partial charge is 0.376 e. The summed E-state index contributed by atoms with van der Waals surface area (Å²) in [5, 5.41) is 6.88. The third-order valence-corrected chi connectivity index (χ3v) is 5.65. The van der Waals surface area contributed by atoms with Gasteiger partial charge in [0.1, 0.15) is 6.54 Å². The van der Waals surface area contributed by atoms with E-state index in [4.69, 9.17) is 4.74 Å². The highest BCUT2D eigenvalue weighted by molar-refractivity contribution is 14.0. The number of carbonyl (C=O) groups is 1. The summed E-state index contributed by atoms with van der Waals surface area (Å²) < 4.78 is 5.81. The molecule has 2 N–H and O–H groups in total. The van der Waals surface area contributed by atoms with Crippen LogP contribution in [-0.2, 0) is 16.0 Å². The molecule has 0 spiro atoms. The van der Waals surface area contributed by atoms with Crippen molar-refractivity contribution in [1.82, 2.24) is 15.5 Å². The third kappa shape index (κ3) is 8.12. The Kier molecular flexibility index (Phi) is 9.68. The van der Waals surface area contributed by atoms with E-state index in [0.717, 1.165) is 39.0 Å². The second-order valence-corrected chi connectivity index (χ2v) is 8.34. The summed E-state index contributed by atoms with van der Waals surface area (Å²) in [6.07, 6.45) is 7.20. The summed E-state index contributed by atoms with van der Waals surface area (Å²) in [5.74, 6) is 0.712. The predicted molar refractivity (Wildman–Crippen MR) is 128 cm³/mol. The average molecular weight is 514 g/mol. The van der Waals surface area contributed by atoms with E-state index in [-0.39, 0.29) is 42.5 Å². The minimum atomic E-state index is 0. The number of nitrogens with zero attached hydrogens (tertiary/aromatic N) is 2. The molecule has 1 heterocycles. The number of ether oxygens (including phenoxy) is 1. The quantitative estimate of drug-likeness (QED) is 0.318. The number of likely N-dealkylation sites (N-methyl/N-ethyl adjacent to an activating group) is 1. The molecule has 1 aliphatic heterocycles. The highest BCUT2D eigenvalue weighted by Crippen LogP contribution is 2.47. The molecule has 2 aliphatic rings. The van der Waals surface area contributed by atoms with Gasteiger partial charge in [-0.15, -0.1) is 24.0 Å². The van der Waals surface area contributed by atoms with Gasteiger partial charge in [0.15, 0.2) is 5.96 Å². The number of halogens is 1. The van der Waals surface area contributed by atoms with Crippen molar-refractivity contribution in [2.75, 3.05) is 40.3 Å². The van der Waals surface area contributed by atoms with Gasteiger partial charge in [-0.05, 0) is 49.5 Å². The lowest BCUT2D eigenvalue weighted by atomic mass is 9.96. The van der Waals surface area contributed by atoms with Crippen LogP contribution in [0.3, 0.4) is 0 Å². The number of rotatable bonds is 8.